The second-order valence-electron chi connectivity index (χ2n) is 10.3. The minimum absolute atomic E-state index is 0.0414. The summed E-state index contributed by atoms with van der Waals surface area (Å²) in [5.74, 6) is 0.921. The quantitative estimate of drug-likeness (QED) is 0.589. The van der Waals surface area contributed by atoms with Gasteiger partial charge >= 0.3 is 5.97 Å². The van der Waals surface area contributed by atoms with E-state index in [1.54, 1.807) is 0 Å². The minimum atomic E-state index is -0.712. The van der Waals surface area contributed by atoms with Gasteiger partial charge in [0.1, 0.15) is 6.04 Å². The standard InChI is InChI=1S/C24H39NO4/c1-15(16-6-3-2-4-7-16)12-18(26)10-11-19-20-13-17-8-5-9-21(24(28)29)25(17)22(20)14-23(19)27/h10-11,15-23,26-27H,2-9,12-14H2,1H3,(H,28,29)/t15?,17?,18-,19+,20+,21?,22+,23+/m0/s1. The van der Waals surface area contributed by atoms with Crippen LogP contribution in [0, 0.1) is 23.7 Å². The van der Waals surface area contributed by atoms with Gasteiger partial charge in [-0.2, -0.15) is 0 Å². The topological polar surface area (TPSA) is 81.0 Å². The SMILES string of the molecule is CC(C[C@@H](O)C=C[C@@H]1[C@H]2CC3CCCC(C(=O)O)N3[C@@H]2C[C@H]1O)C1CCCCC1. The zero-order valence-electron chi connectivity index (χ0n) is 17.8. The zero-order chi connectivity index (χ0) is 20.5. The summed E-state index contributed by atoms with van der Waals surface area (Å²) < 4.78 is 0. The lowest BCUT2D eigenvalue weighted by Crippen LogP contribution is -2.51. The minimum Gasteiger partial charge on any atom is -0.480 e. The largest absolute Gasteiger partial charge is 0.480 e. The molecule has 3 unspecified atom stereocenters. The maximum Gasteiger partial charge on any atom is 0.320 e. The summed E-state index contributed by atoms with van der Waals surface area (Å²) in [5.41, 5.74) is 0. The van der Waals surface area contributed by atoms with Gasteiger partial charge in [0, 0.05) is 18.0 Å². The number of rotatable bonds is 6. The summed E-state index contributed by atoms with van der Waals surface area (Å²) in [6.45, 7) is 2.27. The first kappa shape index (κ1) is 21.3. The molecule has 0 aromatic rings. The van der Waals surface area contributed by atoms with E-state index in [9.17, 15) is 20.1 Å². The van der Waals surface area contributed by atoms with E-state index >= 15 is 0 Å². The van der Waals surface area contributed by atoms with Gasteiger partial charge in [0.05, 0.1) is 12.2 Å². The van der Waals surface area contributed by atoms with E-state index in [0.717, 1.165) is 38.0 Å². The molecule has 0 aromatic carbocycles. The second kappa shape index (κ2) is 9.07. The van der Waals surface area contributed by atoms with Crippen molar-refractivity contribution in [1.82, 2.24) is 4.90 Å². The maximum atomic E-state index is 11.7. The average Bonchev–Trinajstić information content (AvgIpc) is 3.21. The van der Waals surface area contributed by atoms with Gasteiger partial charge in [-0.15, -0.1) is 0 Å². The summed E-state index contributed by atoms with van der Waals surface area (Å²) in [6, 6.07) is 0.129. The molecule has 2 aliphatic carbocycles. The molecule has 3 N–H and O–H groups in total. The summed E-state index contributed by atoms with van der Waals surface area (Å²) >= 11 is 0. The highest BCUT2D eigenvalue weighted by molar-refractivity contribution is 5.73. The molecule has 0 radical (unpaired) electrons. The number of hydrogen-bond acceptors (Lipinski definition) is 4. The smallest absolute Gasteiger partial charge is 0.320 e. The number of aliphatic hydroxyl groups is 2. The Bertz CT molecular complexity index is 602. The Kier molecular flexibility index (Phi) is 6.67. The molecular formula is C24H39NO4. The molecule has 8 atom stereocenters. The molecule has 5 nitrogen and oxygen atoms in total. The van der Waals surface area contributed by atoms with E-state index in [4.69, 9.17) is 0 Å². The third-order valence-corrected chi connectivity index (χ3v) is 8.55. The molecule has 29 heavy (non-hydrogen) atoms. The molecule has 0 bridgehead atoms. The van der Waals surface area contributed by atoms with E-state index in [1.807, 2.05) is 6.08 Å². The van der Waals surface area contributed by atoms with Crippen LogP contribution in [0.4, 0.5) is 0 Å². The molecule has 0 spiro atoms. The lowest BCUT2D eigenvalue weighted by atomic mass is 9.78. The van der Waals surface area contributed by atoms with E-state index in [-0.39, 0.29) is 18.0 Å². The molecular weight excluding hydrogens is 366 g/mol. The van der Waals surface area contributed by atoms with Crippen molar-refractivity contribution in [3.8, 4) is 0 Å². The van der Waals surface area contributed by atoms with Crippen molar-refractivity contribution in [1.29, 1.82) is 0 Å². The van der Waals surface area contributed by atoms with Crippen molar-refractivity contribution >= 4 is 5.97 Å². The van der Waals surface area contributed by atoms with Gasteiger partial charge < -0.3 is 15.3 Å². The summed E-state index contributed by atoms with van der Waals surface area (Å²) in [7, 11) is 0. The monoisotopic (exact) mass is 405 g/mol. The highest BCUT2D eigenvalue weighted by Gasteiger charge is 2.54. The second-order valence-corrected chi connectivity index (χ2v) is 10.3. The molecule has 2 saturated carbocycles. The first-order chi connectivity index (χ1) is 14.0. The first-order valence-corrected chi connectivity index (χ1v) is 12.0. The highest BCUT2D eigenvalue weighted by Crippen LogP contribution is 2.49. The number of carboxylic acid groups (broad SMARTS) is 1. The van der Waals surface area contributed by atoms with Crippen LogP contribution < -0.4 is 0 Å². The number of aliphatic hydroxyl groups excluding tert-OH is 2. The number of fused-ring (bicyclic) bond motifs is 3. The van der Waals surface area contributed by atoms with Crippen molar-refractivity contribution in [2.75, 3.05) is 0 Å². The van der Waals surface area contributed by atoms with Gasteiger partial charge in [-0.1, -0.05) is 51.2 Å². The molecule has 2 saturated heterocycles. The number of aliphatic carboxylic acids is 1. The first-order valence-electron chi connectivity index (χ1n) is 12.0. The van der Waals surface area contributed by atoms with E-state index in [2.05, 4.69) is 17.9 Å². The fraction of sp³-hybridized carbons (Fsp3) is 0.875. The summed E-state index contributed by atoms with van der Waals surface area (Å²) in [4.78, 5) is 14.0. The van der Waals surface area contributed by atoms with Crippen LogP contribution in [0.25, 0.3) is 0 Å². The maximum absolute atomic E-state index is 11.7. The third-order valence-electron chi connectivity index (χ3n) is 8.55. The van der Waals surface area contributed by atoms with Gasteiger partial charge in [-0.3, -0.25) is 9.69 Å². The van der Waals surface area contributed by atoms with E-state index in [1.165, 1.54) is 32.1 Å². The van der Waals surface area contributed by atoms with Crippen molar-refractivity contribution in [2.24, 2.45) is 23.7 Å². The van der Waals surface area contributed by atoms with Crippen molar-refractivity contribution in [3.63, 3.8) is 0 Å². The van der Waals surface area contributed by atoms with Gasteiger partial charge in [0.15, 0.2) is 0 Å². The molecule has 2 aliphatic heterocycles. The average molecular weight is 406 g/mol. The lowest BCUT2D eigenvalue weighted by Gasteiger charge is -2.38. The van der Waals surface area contributed by atoms with Crippen LogP contribution in [0.3, 0.4) is 0 Å². The van der Waals surface area contributed by atoms with Gasteiger partial charge in [0.2, 0.25) is 0 Å². The predicted molar refractivity (Wildman–Crippen MR) is 112 cm³/mol. The predicted octanol–water partition coefficient (Wildman–Crippen LogP) is 3.59. The Hall–Kier alpha value is -0.910. The van der Waals surface area contributed by atoms with E-state index in [0.29, 0.717) is 24.3 Å². The molecule has 0 amide bonds. The van der Waals surface area contributed by atoms with Crippen LogP contribution in [0.1, 0.15) is 77.6 Å². The van der Waals surface area contributed by atoms with Crippen molar-refractivity contribution in [3.05, 3.63) is 12.2 Å². The Balaban J connectivity index is 1.37. The fourth-order valence-corrected chi connectivity index (χ4v) is 7.07. The highest BCUT2D eigenvalue weighted by atomic mass is 16.4. The van der Waals surface area contributed by atoms with Gasteiger partial charge in [-0.25, -0.2) is 0 Å². The van der Waals surface area contributed by atoms with Crippen molar-refractivity contribution < 1.29 is 20.1 Å². The molecule has 4 fully saturated rings. The van der Waals surface area contributed by atoms with E-state index < -0.39 is 18.2 Å². The summed E-state index contributed by atoms with van der Waals surface area (Å²) in [6.07, 6.45) is 14.9. The molecule has 2 heterocycles. The van der Waals surface area contributed by atoms with Crippen LogP contribution in [0.5, 0.6) is 0 Å². The van der Waals surface area contributed by atoms with Crippen LogP contribution in [0.2, 0.25) is 0 Å². The number of carboxylic acids is 1. The molecule has 5 heteroatoms. The number of carbonyl (C=O) groups is 1. The Morgan fingerprint density at radius 1 is 1.10 bits per heavy atom. The van der Waals surface area contributed by atoms with Crippen LogP contribution in [-0.4, -0.2) is 56.5 Å². The molecule has 164 valence electrons. The van der Waals surface area contributed by atoms with Crippen LogP contribution in [-0.2, 0) is 4.79 Å². The fourth-order valence-electron chi connectivity index (χ4n) is 7.07. The lowest BCUT2D eigenvalue weighted by molar-refractivity contribution is -0.146. The summed E-state index contributed by atoms with van der Waals surface area (Å²) in [5, 5.41) is 31.0. The number of piperidine rings is 1. The third kappa shape index (κ3) is 4.42. The molecule has 0 aromatic heterocycles. The van der Waals surface area contributed by atoms with Gasteiger partial charge in [0.25, 0.3) is 0 Å². The molecule has 4 aliphatic rings. The molecule has 4 rings (SSSR count). The van der Waals surface area contributed by atoms with Crippen LogP contribution >= 0.6 is 0 Å². The normalized spacial score (nSPS) is 40.7. The number of hydrogen-bond donors (Lipinski definition) is 3. The zero-order valence-corrected chi connectivity index (χ0v) is 17.8. The Labute approximate surface area is 175 Å². The van der Waals surface area contributed by atoms with Crippen molar-refractivity contribution in [2.45, 2.75) is 108 Å². The number of nitrogens with zero attached hydrogens (tertiary/aromatic N) is 1. The van der Waals surface area contributed by atoms with Gasteiger partial charge in [-0.05, 0) is 56.3 Å². The Morgan fingerprint density at radius 2 is 1.86 bits per heavy atom. The Morgan fingerprint density at radius 3 is 2.59 bits per heavy atom. The van der Waals surface area contributed by atoms with Crippen LogP contribution in [0.15, 0.2) is 12.2 Å².